The van der Waals surface area contributed by atoms with E-state index in [4.69, 9.17) is 25.7 Å². The van der Waals surface area contributed by atoms with E-state index in [-0.39, 0.29) is 6.54 Å². The summed E-state index contributed by atoms with van der Waals surface area (Å²) >= 11 is 0. The Kier molecular flexibility index (Phi) is 12.4. The number of rotatable bonds is 16. The quantitative estimate of drug-likeness (QED) is 0.275. The molecule has 34 heavy (non-hydrogen) atoms. The summed E-state index contributed by atoms with van der Waals surface area (Å²) in [7, 11) is 1.62. The molecule has 2 aromatic carbocycles. The van der Waals surface area contributed by atoms with Gasteiger partial charge in [0.25, 0.3) is 0 Å². The maximum absolute atomic E-state index is 10.7. The number of ether oxygens (including phenoxy) is 3. The second-order valence-electron chi connectivity index (χ2n) is 8.60. The molecule has 0 amide bonds. The SMILES string of the molecule is CCC(CC)COc1cccc(C[C@@H](O)CN)c1-c1cc(OCCOC)cc(C(O)CCN)c1. The summed E-state index contributed by atoms with van der Waals surface area (Å²) in [5.74, 6) is 1.82. The lowest BCUT2D eigenvalue weighted by Crippen LogP contribution is -2.22. The van der Waals surface area contributed by atoms with Gasteiger partial charge in [0.05, 0.1) is 25.4 Å². The monoisotopic (exact) mass is 474 g/mol. The van der Waals surface area contributed by atoms with Crippen molar-refractivity contribution < 1.29 is 24.4 Å². The molecule has 0 heterocycles. The maximum Gasteiger partial charge on any atom is 0.127 e. The van der Waals surface area contributed by atoms with Gasteiger partial charge in [-0.05, 0) is 59.8 Å². The van der Waals surface area contributed by atoms with Gasteiger partial charge in [-0.25, -0.2) is 0 Å². The highest BCUT2D eigenvalue weighted by Crippen LogP contribution is 2.38. The summed E-state index contributed by atoms with van der Waals surface area (Å²) in [5, 5.41) is 21.0. The zero-order chi connectivity index (χ0) is 24.9. The fraction of sp³-hybridized carbons (Fsp3) is 0.556. The van der Waals surface area contributed by atoms with E-state index < -0.39 is 12.2 Å². The highest BCUT2D eigenvalue weighted by Gasteiger charge is 2.19. The summed E-state index contributed by atoms with van der Waals surface area (Å²) in [6.07, 6.45) is 1.52. The standard InChI is InChI=1S/C27H42N2O5/c1-4-19(5-2)18-34-26-8-6-7-20(14-23(30)17-29)27(26)22-13-21(25(31)9-10-28)15-24(16-22)33-12-11-32-3/h6-8,13,15-16,19,23,25,30-31H,4-5,9-12,14,17-18,28-29H2,1-3H3/t23-,25?/m1/s1. The van der Waals surface area contributed by atoms with E-state index >= 15 is 0 Å². The van der Waals surface area contributed by atoms with Crippen LogP contribution in [0.25, 0.3) is 11.1 Å². The van der Waals surface area contributed by atoms with Crippen LogP contribution in [0.15, 0.2) is 36.4 Å². The topological polar surface area (TPSA) is 120 Å². The van der Waals surface area contributed by atoms with E-state index in [2.05, 4.69) is 13.8 Å². The van der Waals surface area contributed by atoms with Gasteiger partial charge in [-0.15, -0.1) is 0 Å². The van der Waals surface area contributed by atoms with Crippen LogP contribution in [0.1, 0.15) is 50.3 Å². The van der Waals surface area contributed by atoms with Crippen LogP contribution in [0.4, 0.5) is 0 Å². The van der Waals surface area contributed by atoms with Crippen molar-refractivity contribution in [2.24, 2.45) is 17.4 Å². The molecule has 0 aliphatic rings. The number of nitrogens with two attached hydrogens (primary N) is 2. The van der Waals surface area contributed by atoms with Crippen molar-refractivity contribution in [3.63, 3.8) is 0 Å². The lowest BCUT2D eigenvalue weighted by Gasteiger charge is -2.21. The van der Waals surface area contributed by atoms with E-state index in [1.807, 2.05) is 36.4 Å². The van der Waals surface area contributed by atoms with Gasteiger partial charge in [0.2, 0.25) is 0 Å². The fourth-order valence-electron chi connectivity index (χ4n) is 3.87. The summed E-state index contributed by atoms with van der Waals surface area (Å²) in [6.45, 7) is 6.31. The minimum atomic E-state index is -0.717. The molecule has 2 aromatic rings. The third-order valence-electron chi connectivity index (χ3n) is 6.07. The third-order valence-corrected chi connectivity index (χ3v) is 6.07. The van der Waals surface area contributed by atoms with Gasteiger partial charge in [-0.2, -0.15) is 0 Å². The molecule has 0 saturated carbocycles. The molecule has 2 rings (SSSR count). The van der Waals surface area contributed by atoms with Crippen molar-refractivity contribution in [2.75, 3.05) is 40.0 Å². The van der Waals surface area contributed by atoms with Crippen LogP contribution in [0.3, 0.4) is 0 Å². The Balaban J connectivity index is 2.58. The molecule has 0 aliphatic heterocycles. The average Bonchev–Trinajstić information content (AvgIpc) is 2.84. The van der Waals surface area contributed by atoms with Gasteiger partial charge >= 0.3 is 0 Å². The summed E-state index contributed by atoms with van der Waals surface area (Å²) in [4.78, 5) is 0. The summed E-state index contributed by atoms with van der Waals surface area (Å²) in [6, 6.07) is 11.6. The molecule has 0 aliphatic carbocycles. The molecule has 7 nitrogen and oxygen atoms in total. The van der Waals surface area contributed by atoms with E-state index in [1.165, 1.54) is 0 Å². The normalized spacial score (nSPS) is 13.2. The van der Waals surface area contributed by atoms with Crippen LogP contribution < -0.4 is 20.9 Å². The van der Waals surface area contributed by atoms with Crippen LogP contribution in [0.5, 0.6) is 11.5 Å². The van der Waals surface area contributed by atoms with Crippen molar-refractivity contribution >= 4 is 0 Å². The molecule has 0 fully saturated rings. The van der Waals surface area contributed by atoms with Crippen LogP contribution in [-0.2, 0) is 11.2 Å². The lowest BCUT2D eigenvalue weighted by molar-refractivity contribution is 0.145. The Labute approximate surface area is 204 Å². The van der Waals surface area contributed by atoms with Crippen molar-refractivity contribution in [3.8, 4) is 22.6 Å². The Morgan fingerprint density at radius 3 is 2.38 bits per heavy atom. The minimum Gasteiger partial charge on any atom is -0.493 e. The second-order valence-corrected chi connectivity index (χ2v) is 8.60. The molecule has 7 heteroatoms. The first-order chi connectivity index (χ1) is 16.5. The Morgan fingerprint density at radius 2 is 1.74 bits per heavy atom. The van der Waals surface area contributed by atoms with E-state index in [1.54, 1.807) is 7.11 Å². The van der Waals surface area contributed by atoms with Gasteiger partial charge < -0.3 is 35.9 Å². The van der Waals surface area contributed by atoms with Crippen LogP contribution >= 0.6 is 0 Å². The minimum absolute atomic E-state index is 0.166. The lowest BCUT2D eigenvalue weighted by atomic mass is 9.92. The molecule has 0 saturated heterocycles. The number of aliphatic hydroxyl groups excluding tert-OH is 2. The van der Waals surface area contributed by atoms with E-state index in [0.29, 0.717) is 50.9 Å². The van der Waals surface area contributed by atoms with Gasteiger partial charge in [0.15, 0.2) is 0 Å². The van der Waals surface area contributed by atoms with Crippen LogP contribution in [0.2, 0.25) is 0 Å². The average molecular weight is 475 g/mol. The number of hydrogen-bond acceptors (Lipinski definition) is 7. The Bertz CT molecular complexity index is 857. The van der Waals surface area contributed by atoms with Crippen molar-refractivity contribution in [1.82, 2.24) is 0 Å². The van der Waals surface area contributed by atoms with Crippen LogP contribution in [0, 0.1) is 5.92 Å². The van der Waals surface area contributed by atoms with E-state index in [0.717, 1.165) is 40.8 Å². The summed E-state index contributed by atoms with van der Waals surface area (Å²) < 4.78 is 17.4. The van der Waals surface area contributed by atoms with Gasteiger partial charge in [-0.1, -0.05) is 38.8 Å². The third kappa shape index (κ3) is 8.25. The van der Waals surface area contributed by atoms with E-state index in [9.17, 15) is 10.2 Å². The molecule has 2 atom stereocenters. The first-order valence-electron chi connectivity index (χ1n) is 12.2. The van der Waals surface area contributed by atoms with Gasteiger partial charge in [0, 0.05) is 25.6 Å². The predicted octanol–water partition coefficient (Wildman–Crippen LogP) is 3.44. The van der Waals surface area contributed by atoms with Crippen molar-refractivity contribution in [2.45, 2.75) is 51.7 Å². The molecule has 0 bridgehead atoms. The number of benzene rings is 2. The highest BCUT2D eigenvalue weighted by atomic mass is 16.5. The molecule has 0 aromatic heterocycles. The van der Waals surface area contributed by atoms with Crippen LogP contribution in [-0.4, -0.2) is 56.3 Å². The van der Waals surface area contributed by atoms with Gasteiger partial charge in [0.1, 0.15) is 18.1 Å². The highest BCUT2D eigenvalue weighted by molar-refractivity contribution is 5.76. The molecule has 6 N–H and O–H groups in total. The first-order valence-corrected chi connectivity index (χ1v) is 12.2. The molecule has 1 unspecified atom stereocenters. The zero-order valence-corrected chi connectivity index (χ0v) is 20.8. The predicted molar refractivity (Wildman–Crippen MR) is 136 cm³/mol. The second kappa shape index (κ2) is 15.0. The number of hydrogen-bond donors (Lipinski definition) is 4. The molecular weight excluding hydrogens is 432 g/mol. The Hall–Kier alpha value is -2.16. The number of aliphatic hydroxyl groups is 2. The van der Waals surface area contributed by atoms with Crippen molar-refractivity contribution in [1.29, 1.82) is 0 Å². The molecule has 190 valence electrons. The Morgan fingerprint density at radius 1 is 0.971 bits per heavy atom. The first kappa shape index (κ1) is 28.1. The maximum atomic E-state index is 10.7. The smallest absolute Gasteiger partial charge is 0.127 e. The molecule has 0 radical (unpaired) electrons. The molecular formula is C27H42N2O5. The molecule has 0 spiro atoms. The fourth-order valence-corrected chi connectivity index (χ4v) is 3.87. The summed E-state index contributed by atoms with van der Waals surface area (Å²) in [5.41, 5.74) is 14.8. The largest absolute Gasteiger partial charge is 0.493 e. The zero-order valence-electron chi connectivity index (χ0n) is 20.8. The number of methoxy groups -OCH3 is 1. The van der Waals surface area contributed by atoms with Crippen molar-refractivity contribution in [3.05, 3.63) is 47.5 Å². The van der Waals surface area contributed by atoms with Gasteiger partial charge in [-0.3, -0.25) is 0 Å².